The molecule has 0 spiro atoms. The van der Waals surface area contributed by atoms with Crippen molar-refractivity contribution in [2.75, 3.05) is 26.0 Å². The van der Waals surface area contributed by atoms with E-state index in [1.807, 2.05) is 50.2 Å². The molecule has 0 saturated heterocycles. The van der Waals surface area contributed by atoms with Crippen molar-refractivity contribution in [2.24, 2.45) is 0 Å². The lowest BCUT2D eigenvalue weighted by atomic mass is 10.1. The fourth-order valence-electron chi connectivity index (χ4n) is 3.70. The minimum absolute atomic E-state index is 0.117. The summed E-state index contributed by atoms with van der Waals surface area (Å²) in [5, 5.41) is 3.90. The average Bonchev–Trinajstić information content (AvgIpc) is 3.17. The van der Waals surface area contributed by atoms with Crippen LogP contribution in [0.4, 0.5) is 5.69 Å². The number of rotatable bonds is 8. The Morgan fingerprint density at radius 2 is 1.91 bits per heavy atom. The number of nitrogens with one attached hydrogen (secondary N) is 1. The number of imidazole rings is 1. The number of carbonyl (C=O) groups excluding carboxylic acids is 1. The first kappa shape index (κ1) is 24.3. The van der Waals surface area contributed by atoms with Crippen LogP contribution in [0.5, 0.6) is 0 Å². The number of hydrogen-bond acceptors (Lipinski definition) is 4. The number of likely N-dealkylation sites (N-methyl/N-ethyl adjacent to an activating group) is 1. The van der Waals surface area contributed by atoms with Gasteiger partial charge < -0.3 is 10.2 Å². The van der Waals surface area contributed by atoms with E-state index >= 15 is 0 Å². The van der Waals surface area contributed by atoms with E-state index in [1.165, 1.54) is 17.3 Å². The molecule has 7 heteroatoms. The zero-order valence-electron chi connectivity index (χ0n) is 19.9. The number of halogens is 1. The van der Waals surface area contributed by atoms with Gasteiger partial charge in [0.25, 0.3) is 0 Å². The van der Waals surface area contributed by atoms with Crippen LogP contribution in [0.2, 0.25) is 5.02 Å². The van der Waals surface area contributed by atoms with Gasteiger partial charge >= 0.3 is 0 Å². The van der Waals surface area contributed by atoms with Crippen LogP contribution in [0.25, 0.3) is 16.7 Å². The number of amides is 1. The van der Waals surface area contributed by atoms with E-state index in [0.29, 0.717) is 10.7 Å². The first-order valence-corrected chi connectivity index (χ1v) is 12.5. The molecule has 0 bridgehead atoms. The molecule has 34 heavy (non-hydrogen) atoms. The van der Waals surface area contributed by atoms with E-state index in [2.05, 4.69) is 59.2 Å². The summed E-state index contributed by atoms with van der Waals surface area (Å²) in [5.74, 6) is -0.117. The average molecular weight is 493 g/mol. The first-order valence-electron chi connectivity index (χ1n) is 11.3. The molecule has 3 aromatic carbocycles. The van der Waals surface area contributed by atoms with Gasteiger partial charge in [0.1, 0.15) is 0 Å². The molecular weight excluding hydrogens is 464 g/mol. The molecule has 0 aliphatic rings. The van der Waals surface area contributed by atoms with Crippen molar-refractivity contribution in [1.29, 1.82) is 0 Å². The fraction of sp³-hybridized carbons (Fsp3) is 0.259. The van der Waals surface area contributed by atoms with Crippen LogP contribution in [-0.2, 0) is 11.2 Å². The second-order valence-corrected chi connectivity index (χ2v) is 10.4. The molecule has 0 aliphatic heterocycles. The number of carbonyl (C=O) groups is 1. The van der Waals surface area contributed by atoms with Gasteiger partial charge in [-0.2, -0.15) is 0 Å². The second-order valence-electron chi connectivity index (χ2n) is 8.67. The lowest BCUT2D eigenvalue weighted by molar-refractivity contribution is -0.115. The number of aryl methyl sites for hydroxylation is 1. The first-order chi connectivity index (χ1) is 16.3. The van der Waals surface area contributed by atoms with Crippen LogP contribution in [0.15, 0.2) is 71.9 Å². The van der Waals surface area contributed by atoms with Gasteiger partial charge in [-0.05, 0) is 81.9 Å². The van der Waals surface area contributed by atoms with Crippen LogP contribution in [0, 0.1) is 6.92 Å². The molecule has 1 atom stereocenters. The summed E-state index contributed by atoms with van der Waals surface area (Å²) in [7, 11) is 4.16. The number of para-hydroxylation sites is 2. The Hall–Kier alpha value is -2.80. The quantitative estimate of drug-likeness (QED) is 0.297. The second kappa shape index (κ2) is 10.6. The number of nitrogens with zero attached hydrogens (tertiary/aromatic N) is 3. The summed E-state index contributed by atoms with van der Waals surface area (Å²) >= 11 is 7.76. The summed E-state index contributed by atoms with van der Waals surface area (Å²) in [6.45, 7) is 4.84. The molecule has 0 radical (unpaired) electrons. The molecule has 5 nitrogen and oxygen atoms in total. The maximum Gasteiger partial charge on any atom is 0.237 e. The summed E-state index contributed by atoms with van der Waals surface area (Å²) in [4.78, 5) is 20.0. The molecule has 176 valence electrons. The van der Waals surface area contributed by atoms with E-state index in [0.717, 1.165) is 40.4 Å². The number of thioether (sulfide) groups is 1. The Balaban J connectivity index is 1.62. The van der Waals surface area contributed by atoms with Gasteiger partial charge in [-0.3, -0.25) is 9.36 Å². The van der Waals surface area contributed by atoms with Crippen LogP contribution in [-0.4, -0.2) is 46.2 Å². The Morgan fingerprint density at radius 1 is 1.12 bits per heavy atom. The van der Waals surface area contributed by atoms with E-state index in [9.17, 15) is 4.79 Å². The zero-order valence-corrected chi connectivity index (χ0v) is 21.5. The SMILES string of the molecule is Cc1ccc(NC(=O)C(C)Sc2nc3ccccc3n2-c2cccc(CCN(C)C)c2)c(Cl)c1. The number of aromatic nitrogens is 2. The number of anilines is 1. The van der Waals surface area contributed by atoms with E-state index < -0.39 is 0 Å². The number of hydrogen-bond donors (Lipinski definition) is 1. The highest BCUT2D eigenvalue weighted by molar-refractivity contribution is 8.00. The molecule has 0 fully saturated rings. The van der Waals surface area contributed by atoms with Crippen molar-refractivity contribution in [3.05, 3.63) is 82.9 Å². The summed E-state index contributed by atoms with van der Waals surface area (Å²) in [5.41, 5.74) is 5.89. The standard InChI is InChI=1S/C27H29ClN4OS/c1-18-12-13-23(22(28)16-18)29-26(33)19(2)34-27-30-24-10-5-6-11-25(24)32(27)21-9-7-8-20(17-21)14-15-31(3)4/h5-13,16-17,19H,14-15H2,1-4H3,(H,29,33). The zero-order chi connectivity index (χ0) is 24.2. The fourth-order valence-corrected chi connectivity index (χ4v) is 4.93. The van der Waals surface area contributed by atoms with Crippen LogP contribution < -0.4 is 5.32 Å². The minimum atomic E-state index is -0.371. The van der Waals surface area contributed by atoms with Crippen LogP contribution in [0.1, 0.15) is 18.1 Å². The van der Waals surface area contributed by atoms with E-state index in [-0.39, 0.29) is 11.2 Å². The van der Waals surface area contributed by atoms with Crippen molar-refractivity contribution in [3.63, 3.8) is 0 Å². The van der Waals surface area contributed by atoms with Crippen molar-refractivity contribution < 1.29 is 4.79 Å². The Bertz CT molecular complexity index is 1320. The maximum atomic E-state index is 13.0. The van der Waals surface area contributed by atoms with Crippen LogP contribution >= 0.6 is 23.4 Å². The summed E-state index contributed by atoms with van der Waals surface area (Å²) in [6.07, 6.45) is 0.964. The Morgan fingerprint density at radius 3 is 2.68 bits per heavy atom. The topological polar surface area (TPSA) is 50.2 Å². The molecule has 1 N–H and O–H groups in total. The van der Waals surface area contributed by atoms with Crippen LogP contribution in [0.3, 0.4) is 0 Å². The normalized spacial score (nSPS) is 12.3. The molecule has 1 aromatic heterocycles. The molecule has 1 amide bonds. The highest BCUT2D eigenvalue weighted by atomic mass is 35.5. The van der Waals surface area contributed by atoms with Gasteiger partial charge in [-0.25, -0.2) is 4.98 Å². The monoisotopic (exact) mass is 492 g/mol. The Kier molecular flexibility index (Phi) is 7.61. The van der Waals surface area contributed by atoms with Gasteiger partial charge in [0, 0.05) is 12.2 Å². The smallest absolute Gasteiger partial charge is 0.237 e. The molecule has 0 saturated carbocycles. The highest BCUT2D eigenvalue weighted by Crippen LogP contribution is 2.32. The lowest BCUT2D eigenvalue weighted by Gasteiger charge is -2.15. The van der Waals surface area contributed by atoms with Gasteiger partial charge in [0.05, 0.1) is 27.0 Å². The van der Waals surface area contributed by atoms with Gasteiger partial charge in [-0.15, -0.1) is 0 Å². The number of benzene rings is 3. The lowest BCUT2D eigenvalue weighted by Crippen LogP contribution is -2.23. The highest BCUT2D eigenvalue weighted by Gasteiger charge is 2.21. The Labute approximate surface area is 210 Å². The molecule has 4 aromatic rings. The van der Waals surface area contributed by atoms with Gasteiger partial charge in [0.2, 0.25) is 5.91 Å². The number of fused-ring (bicyclic) bond motifs is 1. The maximum absolute atomic E-state index is 13.0. The molecule has 1 unspecified atom stereocenters. The molecular formula is C27H29ClN4OS. The minimum Gasteiger partial charge on any atom is -0.324 e. The molecule has 1 heterocycles. The third-order valence-corrected chi connectivity index (χ3v) is 6.95. The molecule has 0 aliphatic carbocycles. The van der Waals surface area contributed by atoms with Crippen molar-refractivity contribution in [1.82, 2.24) is 14.5 Å². The summed E-state index contributed by atoms with van der Waals surface area (Å²) in [6, 6.07) is 22.2. The van der Waals surface area contributed by atoms with Gasteiger partial charge in [0.15, 0.2) is 5.16 Å². The largest absolute Gasteiger partial charge is 0.324 e. The van der Waals surface area contributed by atoms with Crippen molar-refractivity contribution >= 4 is 46.0 Å². The van der Waals surface area contributed by atoms with E-state index in [4.69, 9.17) is 16.6 Å². The predicted molar refractivity (Wildman–Crippen MR) is 143 cm³/mol. The molecule has 4 rings (SSSR count). The van der Waals surface area contributed by atoms with Crippen molar-refractivity contribution in [2.45, 2.75) is 30.7 Å². The van der Waals surface area contributed by atoms with Crippen molar-refractivity contribution in [3.8, 4) is 5.69 Å². The van der Waals surface area contributed by atoms with Gasteiger partial charge in [-0.1, -0.05) is 53.7 Å². The third-order valence-electron chi connectivity index (χ3n) is 5.58. The summed E-state index contributed by atoms with van der Waals surface area (Å²) < 4.78 is 2.14. The predicted octanol–water partition coefficient (Wildman–Crippen LogP) is 6.21. The third kappa shape index (κ3) is 5.63. The van der Waals surface area contributed by atoms with E-state index in [1.54, 1.807) is 0 Å².